The summed E-state index contributed by atoms with van der Waals surface area (Å²) in [5, 5.41) is 1.72. The fourth-order valence-electron chi connectivity index (χ4n) is 3.64. The van der Waals surface area contributed by atoms with Crippen molar-refractivity contribution < 1.29 is 0 Å². The van der Waals surface area contributed by atoms with Crippen LogP contribution in [0.2, 0.25) is 0 Å². The van der Waals surface area contributed by atoms with E-state index in [0.29, 0.717) is 5.39 Å². The van der Waals surface area contributed by atoms with Crippen molar-refractivity contribution >= 4 is 21.8 Å². The van der Waals surface area contributed by atoms with Crippen molar-refractivity contribution in [1.29, 1.82) is 0 Å². The molecule has 0 amide bonds. The van der Waals surface area contributed by atoms with E-state index < -0.39 is 0 Å². The number of benzene rings is 3. The summed E-state index contributed by atoms with van der Waals surface area (Å²) in [4.78, 5) is 19.5. The van der Waals surface area contributed by atoms with Crippen LogP contribution in [0.3, 0.4) is 0 Å². The monoisotopic (exact) mass is 336 g/mol. The van der Waals surface area contributed by atoms with Gasteiger partial charge in [-0.2, -0.15) is 0 Å². The Kier molecular flexibility index (Phi) is 3.25. The molecule has 0 aliphatic carbocycles. The maximum absolute atomic E-state index is 13.0. The van der Waals surface area contributed by atoms with Crippen molar-refractivity contribution in [2.24, 2.45) is 0 Å². The fraction of sp³-hybridized carbons (Fsp3) is 0. The van der Waals surface area contributed by atoms with Gasteiger partial charge in [0, 0.05) is 10.9 Å². The Hall–Kier alpha value is -3.59. The van der Waals surface area contributed by atoms with Crippen molar-refractivity contribution in [2.75, 3.05) is 0 Å². The summed E-state index contributed by atoms with van der Waals surface area (Å²) in [6.45, 7) is 0. The molecule has 124 valence electrons. The van der Waals surface area contributed by atoms with E-state index in [1.807, 2.05) is 72.8 Å². The topological polar surface area (TPSA) is 48.6 Å². The third-order valence-corrected chi connectivity index (χ3v) is 4.80. The molecular weight excluding hydrogens is 320 g/mol. The first-order chi connectivity index (χ1) is 12.8. The summed E-state index contributed by atoms with van der Waals surface area (Å²) in [6, 6.07) is 28.1. The number of H-pyrrole nitrogens is 2. The minimum absolute atomic E-state index is 0.0732. The number of aromatic amines is 2. The van der Waals surface area contributed by atoms with Gasteiger partial charge in [-0.25, -0.2) is 0 Å². The van der Waals surface area contributed by atoms with E-state index in [1.54, 1.807) is 0 Å². The standard InChI is InChI=1S/C23H16N2O/c26-23-20-19(15-9-3-1-4-10-15)21(16-11-5-2-6-12-16)25-22(20)17-13-7-8-14-18(17)24-23/h1-14,25H,(H,24,26). The molecule has 0 saturated carbocycles. The summed E-state index contributed by atoms with van der Waals surface area (Å²) in [7, 11) is 0. The van der Waals surface area contributed by atoms with Crippen LogP contribution in [-0.4, -0.2) is 9.97 Å². The molecule has 5 aromatic rings. The molecule has 0 spiro atoms. The van der Waals surface area contributed by atoms with E-state index in [4.69, 9.17) is 0 Å². The Morgan fingerprint density at radius 1 is 0.615 bits per heavy atom. The van der Waals surface area contributed by atoms with Gasteiger partial charge >= 0.3 is 0 Å². The second kappa shape index (κ2) is 5.74. The Morgan fingerprint density at radius 3 is 1.96 bits per heavy atom. The van der Waals surface area contributed by atoms with Crippen LogP contribution in [-0.2, 0) is 0 Å². The van der Waals surface area contributed by atoms with Gasteiger partial charge in [-0.3, -0.25) is 4.79 Å². The lowest BCUT2D eigenvalue weighted by molar-refractivity contribution is 1.34. The van der Waals surface area contributed by atoms with Crippen LogP contribution in [0.1, 0.15) is 0 Å². The van der Waals surface area contributed by atoms with Gasteiger partial charge in [-0.1, -0.05) is 78.9 Å². The summed E-state index contributed by atoms with van der Waals surface area (Å²) in [5.74, 6) is 0. The molecule has 0 atom stereocenters. The molecule has 0 unspecified atom stereocenters. The van der Waals surface area contributed by atoms with Crippen LogP contribution in [0.15, 0.2) is 89.7 Å². The first-order valence-electron chi connectivity index (χ1n) is 8.60. The van der Waals surface area contributed by atoms with E-state index in [-0.39, 0.29) is 5.56 Å². The predicted octanol–water partition coefficient (Wildman–Crippen LogP) is 5.34. The van der Waals surface area contributed by atoms with E-state index in [9.17, 15) is 4.79 Å². The highest BCUT2D eigenvalue weighted by molar-refractivity contribution is 6.12. The van der Waals surface area contributed by atoms with Crippen molar-refractivity contribution in [3.05, 3.63) is 95.3 Å². The minimum atomic E-state index is -0.0732. The normalized spacial score (nSPS) is 11.2. The molecule has 2 heterocycles. The quantitative estimate of drug-likeness (QED) is 0.449. The summed E-state index contributed by atoms with van der Waals surface area (Å²) >= 11 is 0. The average Bonchev–Trinajstić information content (AvgIpc) is 3.11. The third kappa shape index (κ3) is 2.18. The van der Waals surface area contributed by atoms with Gasteiger partial charge in [0.2, 0.25) is 0 Å². The zero-order valence-electron chi connectivity index (χ0n) is 14.0. The fourth-order valence-corrected chi connectivity index (χ4v) is 3.64. The van der Waals surface area contributed by atoms with Crippen LogP contribution >= 0.6 is 0 Å². The number of nitrogens with one attached hydrogen (secondary N) is 2. The van der Waals surface area contributed by atoms with E-state index in [0.717, 1.165) is 38.8 Å². The van der Waals surface area contributed by atoms with Crippen LogP contribution < -0.4 is 5.56 Å². The van der Waals surface area contributed by atoms with Gasteiger partial charge in [0.25, 0.3) is 5.56 Å². The van der Waals surface area contributed by atoms with Crippen molar-refractivity contribution in [1.82, 2.24) is 9.97 Å². The first kappa shape index (κ1) is 14.7. The molecule has 3 heteroatoms. The predicted molar refractivity (Wildman–Crippen MR) is 107 cm³/mol. The van der Waals surface area contributed by atoms with Gasteiger partial charge in [0.05, 0.1) is 22.1 Å². The Morgan fingerprint density at radius 2 is 1.23 bits per heavy atom. The lowest BCUT2D eigenvalue weighted by Gasteiger charge is -2.05. The second-order valence-corrected chi connectivity index (χ2v) is 6.36. The van der Waals surface area contributed by atoms with Crippen molar-refractivity contribution in [2.45, 2.75) is 0 Å². The summed E-state index contributed by atoms with van der Waals surface area (Å²) in [5.41, 5.74) is 5.64. The van der Waals surface area contributed by atoms with Crippen molar-refractivity contribution in [3.63, 3.8) is 0 Å². The maximum Gasteiger partial charge on any atom is 0.258 e. The smallest absolute Gasteiger partial charge is 0.258 e. The highest BCUT2D eigenvalue weighted by atomic mass is 16.1. The SMILES string of the molecule is O=c1[nH]c2ccccc2c2[nH]c(-c3ccccc3)c(-c3ccccc3)c12. The van der Waals surface area contributed by atoms with Crippen molar-refractivity contribution in [3.8, 4) is 22.4 Å². The Balaban J connectivity index is 1.99. The molecular formula is C23H16N2O. The Bertz CT molecular complexity index is 1280. The number of rotatable bonds is 2. The number of para-hydroxylation sites is 1. The highest BCUT2D eigenvalue weighted by Gasteiger charge is 2.19. The molecule has 5 rings (SSSR count). The van der Waals surface area contributed by atoms with E-state index in [2.05, 4.69) is 22.1 Å². The number of fused-ring (bicyclic) bond motifs is 3. The molecule has 3 aromatic carbocycles. The van der Waals surface area contributed by atoms with Gasteiger partial charge in [-0.15, -0.1) is 0 Å². The molecule has 3 nitrogen and oxygen atoms in total. The molecule has 26 heavy (non-hydrogen) atoms. The lowest BCUT2D eigenvalue weighted by atomic mass is 9.98. The van der Waals surface area contributed by atoms with Crippen LogP contribution in [0, 0.1) is 0 Å². The van der Waals surface area contributed by atoms with Gasteiger partial charge in [0.1, 0.15) is 0 Å². The van der Waals surface area contributed by atoms with Gasteiger partial charge in [-0.05, 0) is 17.2 Å². The average molecular weight is 336 g/mol. The molecule has 2 aromatic heterocycles. The van der Waals surface area contributed by atoms with E-state index in [1.165, 1.54) is 0 Å². The molecule has 0 fully saturated rings. The summed E-state index contributed by atoms with van der Waals surface area (Å²) in [6.07, 6.45) is 0. The number of hydrogen-bond donors (Lipinski definition) is 2. The molecule has 0 aliphatic heterocycles. The van der Waals surface area contributed by atoms with E-state index >= 15 is 0 Å². The zero-order valence-corrected chi connectivity index (χ0v) is 14.0. The summed E-state index contributed by atoms with van der Waals surface area (Å²) < 4.78 is 0. The number of aromatic nitrogens is 2. The van der Waals surface area contributed by atoms with Gasteiger partial charge in [0.15, 0.2) is 0 Å². The van der Waals surface area contributed by atoms with Crippen LogP contribution in [0.25, 0.3) is 44.2 Å². The van der Waals surface area contributed by atoms with Crippen LogP contribution in [0.4, 0.5) is 0 Å². The third-order valence-electron chi connectivity index (χ3n) is 4.80. The molecule has 0 bridgehead atoms. The molecule has 0 saturated heterocycles. The molecule has 0 aliphatic rings. The lowest BCUT2D eigenvalue weighted by Crippen LogP contribution is -2.06. The number of hydrogen-bond acceptors (Lipinski definition) is 1. The second-order valence-electron chi connectivity index (χ2n) is 6.36. The highest BCUT2D eigenvalue weighted by Crippen LogP contribution is 2.38. The van der Waals surface area contributed by atoms with Gasteiger partial charge < -0.3 is 9.97 Å². The van der Waals surface area contributed by atoms with Crippen LogP contribution in [0.5, 0.6) is 0 Å². The largest absolute Gasteiger partial charge is 0.353 e. The Labute approximate surface area is 149 Å². The minimum Gasteiger partial charge on any atom is -0.353 e. The zero-order chi connectivity index (χ0) is 17.5. The number of pyridine rings is 1. The molecule has 2 N–H and O–H groups in total. The maximum atomic E-state index is 13.0. The molecule has 0 radical (unpaired) electrons. The first-order valence-corrected chi connectivity index (χ1v) is 8.60.